The smallest absolute Gasteiger partial charge is 0.0427 e. The standard InChI is InChI=1S/C18H30N2/c1-14-8-9-15(18(2,3)4)12-16(14)17(19)13-20-10-6-5-7-11-20/h8-9,12,17H,5-7,10-11,13,19H2,1-4H3. The van der Waals surface area contributed by atoms with E-state index in [4.69, 9.17) is 5.73 Å². The van der Waals surface area contributed by atoms with E-state index < -0.39 is 0 Å². The van der Waals surface area contributed by atoms with Gasteiger partial charge in [-0.2, -0.15) is 0 Å². The van der Waals surface area contributed by atoms with Crippen LogP contribution < -0.4 is 5.73 Å². The minimum atomic E-state index is 0.135. The molecule has 0 saturated carbocycles. The fraction of sp³-hybridized carbons (Fsp3) is 0.667. The molecule has 20 heavy (non-hydrogen) atoms. The number of benzene rings is 1. The Kier molecular flexibility index (Phi) is 4.87. The van der Waals surface area contributed by atoms with Crippen molar-refractivity contribution in [2.24, 2.45) is 5.73 Å². The summed E-state index contributed by atoms with van der Waals surface area (Å²) in [6, 6.07) is 6.93. The predicted molar refractivity (Wildman–Crippen MR) is 87.1 cm³/mol. The lowest BCUT2D eigenvalue weighted by Gasteiger charge is -2.30. The maximum absolute atomic E-state index is 6.50. The average Bonchev–Trinajstić information content (AvgIpc) is 2.39. The van der Waals surface area contributed by atoms with Gasteiger partial charge in [-0.3, -0.25) is 0 Å². The molecule has 1 fully saturated rings. The first-order valence-corrected chi connectivity index (χ1v) is 7.97. The Hall–Kier alpha value is -0.860. The fourth-order valence-electron chi connectivity index (χ4n) is 3.02. The third kappa shape index (κ3) is 3.83. The lowest BCUT2D eigenvalue weighted by molar-refractivity contribution is 0.216. The monoisotopic (exact) mass is 274 g/mol. The molecule has 0 aliphatic carbocycles. The summed E-state index contributed by atoms with van der Waals surface area (Å²) in [6.45, 7) is 12.4. The molecular weight excluding hydrogens is 244 g/mol. The second-order valence-electron chi connectivity index (χ2n) is 7.29. The van der Waals surface area contributed by atoms with Crippen molar-refractivity contribution in [3.8, 4) is 0 Å². The van der Waals surface area contributed by atoms with Crippen LogP contribution in [-0.4, -0.2) is 24.5 Å². The van der Waals surface area contributed by atoms with E-state index in [1.54, 1.807) is 0 Å². The van der Waals surface area contributed by atoms with Crippen molar-refractivity contribution < 1.29 is 0 Å². The Labute approximate surface area is 124 Å². The predicted octanol–water partition coefficient (Wildman–Crippen LogP) is 3.78. The molecule has 1 heterocycles. The van der Waals surface area contributed by atoms with Crippen molar-refractivity contribution in [1.82, 2.24) is 4.90 Å². The van der Waals surface area contributed by atoms with Crippen LogP contribution in [-0.2, 0) is 5.41 Å². The Balaban J connectivity index is 2.13. The van der Waals surface area contributed by atoms with Crippen LogP contribution in [0.2, 0.25) is 0 Å². The highest BCUT2D eigenvalue weighted by Gasteiger charge is 2.19. The van der Waals surface area contributed by atoms with Gasteiger partial charge in [0.25, 0.3) is 0 Å². The van der Waals surface area contributed by atoms with Crippen molar-refractivity contribution in [3.63, 3.8) is 0 Å². The van der Waals surface area contributed by atoms with E-state index in [0.717, 1.165) is 6.54 Å². The summed E-state index contributed by atoms with van der Waals surface area (Å²) in [5.41, 5.74) is 10.7. The summed E-state index contributed by atoms with van der Waals surface area (Å²) in [5.74, 6) is 0. The SMILES string of the molecule is Cc1ccc(C(C)(C)C)cc1C(N)CN1CCCCC1. The lowest BCUT2D eigenvalue weighted by atomic mass is 9.84. The third-order valence-electron chi connectivity index (χ3n) is 4.45. The Bertz CT molecular complexity index is 439. The molecule has 0 amide bonds. The van der Waals surface area contributed by atoms with E-state index in [2.05, 4.69) is 50.8 Å². The van der Waals surface area contributed by atoms with E-state index in [1.165, 1.54) is 49.0 Å². The van der Waals surface area contributed by atoms with Gasteiger partial charge in [0.05, 0.1) is 0 Å². The molecule has 1 aromatic rings. The highest BCUT2D eigenvalue weighted by atomic mass is 15.1. The van der Waals surface area contributed by atoms with Crippen LogP contribution in [0, 0.1) is 6.92 Å². The molecule has 0 spiro atoms. The first kappa shape index (κ1) is 15.5. The van der Waals surface area contributed by atoms with Crippen molar-refractivity contribution in [3.05, 3.63) is 34.9 Å². The number of piperidine rings is 1. The highest BCUT2D eigenvalue weighted by Crippen LogP contribution is 2.27. The lowest BCUT2D eigenvalue weighted by Crippen LogP contribution is -2.36. The summed E-state index contributed by atoms with van der Waals surface area (Å²) in [4.78, 5) is 2.53. The average molecular weight is 274 g/mol. The molecule has 2 N–H and O–H groups in total. The summed E-state index contributed by atoms with van der Waals surface area (Å²) >= 11 is 0. The van der Waals surface area contributed by atoms with E-state index in [1.807, 2.05) is 0 Å². The summed E-state index contributed by atoms with van der Waals surface area (Å²) in [6.07, 6.45) is 4.03. The highest BCUT2D eigenvalue weighted by molar-refractivity contribution is 5.36. The molecule has 1 aliphatic rings. The van der Waals surface area contributed by atoms with E-state index in [-0.39, 0.29) is 11.5 Å². The van der Waals surface area contributed by atoms with Gasteiger partial charge in [0.15, 0.2) is 0 Å². The van der Waals surface area contributed by atoms with E-state index in [9.17, 15) is 0 Å². The molecule has 1 saturated heterocycles. The molecule has 1 aliphatic heterocycles. The minimum Gasteiger partial charge on any atom is -0.323 e. The van der Waals surface area contributed by atoms with Crippen molar-refractivity contribution >= 4 is 0 Å². The fourth-order valence-corrected chi connectivity index (χ4v) is 3.02. The number of nitrogens with zero attached hydrogens (tertiary/aromatic N) is 1. The molecule has 2 nitrogen and oxygen atoms in total. The van der Waals surface area contributed by atoms with Gasteiger partial charge in [0.2, 0.25) is 0 Å². The van der Waals surface area contributed by atoms with Gasteiger partial charge in [-0.1, -0.05) is 45.4 Å². The van der Waals surface area contributed by atoms with Gasteiger partial charge >= 0.3 is 0 Å². The van der Waals surface area contributed by atoms with Crippen molar-refractivity contribution in [1.29, 1.82) is 0 Å². The van der Waals surface area contributed by atoms with Gasteiger partial charge in [0.1, 0.15) is 0 Å². The second kappa shape index (κ2) is 6.28. The molecule has 112 valence electrons. The van der Waals surface area contributed by atoms with Gasteiger partial charge in [-0.25, -0.2) is 0 Å². The van der Waals surface area contributed by atoms with Gasteiger partial charge < -0.3 is 10.6 Å². The van der Waals surface area contributed by atoms with Crippen molar-refractivity contribution in [2.45, 2.75) is 58.4 Å². The zero-order chi connectivity index (χ0) is 14.8. The molecule has 1 atom stereocenters. The van der Waals surface area contributed by atoms with Crippen LogP contribution in [0.4, 0.5) is 0 Å². The third-order valence-corrected chi connectivity index (χ3v) is 4.45. The minimum absolute atomic E-state index is 0.135. The van der Waals surface area contributed by atoms with Crippen LogP contribution in [0.1, 0.15) is 62.8 Å². The Morgan fingerprint density at radius 1 is 1.15 bits per heavy atom. The van der Waals surface area contributed by atoms with Crippen molar-refractivity contribution in [2.75, 3.05) is 19.6 Å². The Morgan fingerprint density at radius 2 is 1.80 bits per heavy atom. The van der Waals surface area contributed by atoms with E-state index >= 15 is 0 Å². The van der Waals surface area contributed by atoms with Crippen LogP contribution in [0.25, 0.3) is 0 Å². The van der Waals surface area contributed by atoms with Gasteiger partial charge in [0, 0.05) is 12.6 Å². The molecule has 0 aromatic heterocycles. The van der Waals surface area contributed by atoms with Gasteiger partial charge in [-0.05, 0) is 55.0 Å². The zero-order valence-corrected chi connectivity index (χ0v) is 13.6. The van der Waals surface area contributed by atoms with Crippen LogP contribution in [0.5, 0.6) is 0 Å². The zero-order valence-electron chi connectivity index (χ0n) is 13.6. The number of hydrogen-bond acceptors (Lipinski definition) is 2. The quantitative estimate of drug-likeness (QED) is 0.909. The number of nitrogens with two attached hydrogens (primary N) is 1. The topological polar surface area (TPSA) is 29.3 Å². The maximum atomic E-state index is 6.50. The number of rotatable bonds is 3. The Morgan fingerprint density at radius 3 is 2.40 bits per heavy atom. The molecule has 2 rings (SSSR count). The molecular formula is C18H30N2. The van der Waals surface area contributed by atoms with Crippen LogP contribution in [0.3, 0.4) is 0 Å². The summed E-state index contributed by atoms with van der Waals surface area (Å²) in [5, 5.41) is 0. The maximum Gasteiger partial charge on any atom is 0.0427 e. The number of hydrogen-bond donors (Lipinski definition) is 1. The number of likely N-dealkylation sites (tertiary alicyclic amines) is 1. The van der Waals surface area contributed by atoms with Crippen LogP contribution in [0.15, 0.2) is 18.2 Å². The number of aryl methyl sites for hydroxylation is 1. The molecule has 0 radical (unpaired) electrons. The molecule has 1 unspecified atom stereocenters. The van der Waals surface area contributed by atoms with Crippen LogP contribution >= 0.6 is 0 Å². The first-order valence-electron chi connectivity index (χ1n) is 7.97. The molecule has 0 bridgehead atoms. The van der Waals surface area contributed by atoms with Gasteiger partial charge in [-0.15, -0.1) is 0 Å². The molecule has 1 aromatic carbocycles. The molecule has 2 heteroatoms. The summed E-state index contributed by atoms with van der Waals surface area (Å²) in [7, 11) is 0. The largest absolute Gasteiger partial charge is 0.323 e. The summed E-state index contributed by atoms with van der Waals surface area (Å²) < 4.78 is 0. The second-order valence-corrected chi connectivity index (χ2v) is 7.29. The first-order chi connectivity index (χ1) is 9.38. The van der Waals surface area contributed by atoms with E-state index in [0.29, 0.717) is 0 Å². The normalized spacial score (nSPS) is 19.1.